The average Bonchev–Trinajstić information content (AvgIpc) is 2.99. The third kappa shape index (κ3) is 6.12. The van der Waals surface area contributed by atoms with E-state index in [9.17, 15) is 4.79 Å². The Morgan fingerprint density at radius 2 is 1.96 bits per heavy atom. The van der Waals surface area contributed by atoms with Crippen LogP contribution in [0.3, 0.4) is 0 Å². The number of likely N-dealkylation sites (tertiary alicyclic amines) is 1. The van der Waals surface area contributed by atoms with E-state index in [1.165, 1.54) is 12.8 Å². The van der Waals surface area contributed by atoms with E-state index in [1.807, 2.05) is 11.0 Å². The minimum absolute atomic E-state index is 0. The van der Waals surface area contributed by atoms with Crippen LogP contribution < -0.4 is 5.73 Å². The maximum atomic E-state index is 12.3. The van der Waals surface area contributed by atoms with Crippen molar-refractivity contribution in [2.45, 2.75) is 32.4 Å². The zero-order valence-corrected chi connectivity index (χ0v) is 15.6. The quantitative estimate of drug-likeness (QED) is 0.824. The van der Waals surface area contributed by atoms with Crippen LogP contribution in [0.15, 0.2) is 18.2 Å². The number of nitrogens with zero attached hydrogens (tertiary/aromatic N) is 2. The maximum absolute atomic E-state index is 12.3. The average molecular weight is 381 g/mol. The molecule has 0 bridgehead atoms. The summed E-state index contributed by atoms with van der Waals surface area (Å²) in [5.74, 6) is -0.0368. The van der Waals surface area contributed by atoms with E-state index in [1.54, 1.807) is 19.1 Å². The molecule has 0 unspecified atom stereocenters. The van der Waals surface area contributed by atoms with Crippen molar-refractivity contribution in [2.24, 2.45) is 5.73 Å². The highest BCUT2D eigenvalue weighted by Gasteiger charge is 2.20. The van der Waals surface area contributed by atoms with Crippen molar-refractivity contribution in [3.05, 3.63) is 33.8 Å². The molecule has 2 rings (SSSR count). The van der Waals surface area contributed by atoms with Crippen LogP contribution in [0.2, 0.25) is 10.0 Å². The summed E-state index contributed by atoms with van der Waals surface area (Å²) in [5, 5.41) is 1.03. The van der Waals surface area contributed by atoms with Crippen molar-refractivity contribution >= 4 is 41.5 Å². The van der Waals surface area contributed by atoms with Crippen LogP contribution in [-0.2, 0) is 11.3 Å². The fourth-order valence-corrected chi connectivity index (χ4v) is 3.00. The molecular formula is C16H24Cl3N3O. The summed E-state index contributed by atoms with van der Waals surface area (Å²) in [6.07, 6.45) is 2.49. The van der Waals surface area contributed by atoms with Crippen LogP contribution in [0.1, 0.15) is 25.3 Å². The lowest BCUT2D eigenvalue weighted by Gasteiger charge is -2.27. The van der Waals surface area contributed by atoms with Crippen molar-refractivity contribution in [3.63, 3.8) is 0 Å². The Bertz CT molecular complexity index is 519. The number of hydrogen-bond donors (Lipinski definition) is 1. The molecule has 23 heavy (non-hydrogen) atoms. The van der Waals surface area contributed by atoms with E-state index >= 15 is 0 Å². The number of carbonyl (C=O) groups excluding carboxylic acids is 1. The number of carbonyl (C=O) groups is 1. The van der Waals surface area contributed by atoms with Crippen LogP contribution in [0.5, 0.6) is 0 Å². The van der Waals surface area contributed by atoms with Crippen molar-refractivity contribution in [2.75, 3.05) is 26.2 Å². The van der Waals surface area contributed by atoms with Gasteiger partial charge in [-0.15, -0.1) is 12.4 Å². The molecular weight excluding hydrogens is 357 g/mol. The Kier molecular flexibility index (Phi) is 8.65. The molecule has 1 aliphatic heterocycles. The van der Waals surface area contributed by atoms with E-state index in [0.29, 0.717) is 23.1 Å². The first-order valence-corrected chi connectivity index (χ1v) is 8.43. The summed E-state index contributed by atoms with van der Waals surface area (Å²) in [4.78, 5) is 16.5. The molecule has 130 valence electrons. The number of halogens is 3. The SMILES string of the molecule is C[C@@H](N)C(=O)N(CCN1CCCC1)Cc1ccc(Cl)c(Cl)c1.Cl. The molecule has 0 saturated carbocycles. The first-order chi connectivity index (χ1) is 10.5. The normalized spacial score (nSPS) is 16.0. The van der Waals surface area contributed by atoms with E-state index < -0.39 is 6.04 Å². The predicted octanol–water partition coefficient (Wildman–Crippen LogP) is 3.19. The molecule has 4 nitrogen and oxygen atoms in total. The molecule has 7 heteroatoms. The van der Waals surface area contributed by atoms with Crippen LogP contribution in [0.25, 0.3) is 0 Å². The van der Waals surface area contributed by atoms with Crippen LogP contribution in [0.4, 0.5) is 0 Å². The zero-order chi connectivity index (χ0) is 16.1. The third-order valence-corrected chi connectivity index (χ3v) is 4.68. The van der Waals surface area contributed by atoms with E-state index in [2.05, 4.69) is 4.90 Å². The summed E-state index contributed by atoms with van der Waals surface area (Å²) in [5.41, 5.74) is 6.74. The Hall–Kier alpha value is -0.520. The second kappa shape index (κ2) is 9.70. The second-order valence-electron chi connectivity index (χ2n) is 5.85. The zero-order valence-electron chi connectivity index (χ0n) is 13.3. The summed E-state index contributed by atoms with van der Waals surface area (Å²) in [6, 6.07) is 4.96. The van der Waals surface area contributed by atoms with Crippen LogP contribution in [0, 0.1) is 0 Å². The molecule has 1 aromatic rings. The van der Waals surface area contributed by atoms with Gasteiger partial charge in [0.2, 0.25) is 5.91 Å². The number of hydrogen-bond acceptors (Lipinski definition) is 3. The van der Waals surface area contributed by atoms with Gasteiger partial charge in [0.05, 0.1) is 16.1 Å². The minimum Gasteiger partial charge on any atom is -0.336 e. The van der Waals surface area contributed by atoms with Gasteiger partial charge < -0.3 is 15.5 Å². The standard InChI is InChI=1S/C16H23Cl2N3O.ClH/c1-12(19)16(22)21(9-8-20-6-2-3-7-20)11-13-4-5-14(17)15(18)10-13;/h4-5,10,12H,2-3,6-9,11,19H2,1H3;1H/t12-;/m1./s1. The Labute approximate surface area is 154 Å². The molecule has 1 atom stereocenters. The minimum atomic E-state index is -0.499. The first-order valence-electron chi connectivity index (χ1n) is 7.68. The van der Waals surface area contributed by atoms with Gasteiger partial charge in [0.1, 0.15) is 0 Å². The Morgan fingerprint density at radius 1 is 1.30 bits per heavy atom. The number of nitrogens with two attached hydrogens (primary N) is 1. The number of amides is 1. The molecule has 2 N–H and O–H groups in total. The summed E-state index contributed by atoms with van der Waals surface area (Å²) in [6.45, 7) is 6.03. The van der Waals surface area contributed by atoms with Crippen LogP contribution in [-0.4, -0.2) is 47.9 Å². The maximum Gasteiger partial charge on any atom is 0.239 e. The second-order valence-corrected chi connectivity index (χ2v) is 6.66. The molecule has 0 aromatic heterocycles. The Morgan fingerprint density at radius 3 is 2.52 bits per heavy atom. The molecule has 0 radical (unpaired) electrons. The monoisotopic (exact) mass is 379 g/mol. The molecule has 1 fully saturated rings. The predicted molar refractivity (Wildman–Crippen MR) is 98.5 cm³/mol. The molecule has 1 aliphatic rings. The van der Waals surface area contributed by atoms with Gasteiger partial charge in [-0.25, -0.2) is 0 Å². The molecule has 0 aliphatic carbocycles. The van der Waals surface area contributed by atoms with E-state index in [0.717, 1.165) is 25.2 Å². The smallest absolute Gasteiger partial charge is 0.239 e. The van der Waals surface area contributed by atoms with Gasteiger partial charge in [-0.1, -0.05) is 29.3 Å². The van der Waals surface area contributed by atoms with E-state index in [-0.39, 0.29) is 18.3 Å². The summed E-state index contributed by atoms with van der Waals surface area (Å²) < 4.78 is 0. The van der Waals surface area contributed by atoms with E-state index in [4.69, 9.17) is 28.9 Å². The fraction of sp³-hybridized carbons (Fsp3) is 0.562. The summed E-state index contributed by atoms with van der Waals surface area (Å²) >= 11 is 12.0. The van der Waals surface area contributed by atoms with Crippen molar-refractivity contribution in [3.8, 4) is 0 Å². The van der Waals surface area contributed by atoms with Gasteiger partial charge in [0.25, 0.3) is 0 Å². The highest BCUT2D eigenvalue weighted by Crippen LogP contribution is 2.23. The lowest BCUT2D eigenvalue weighted by atomic mass is 10.2. The van der Waals surface area contributed by atoms with Gasteiger partial charge in [-0.3, -0.25) is 4.79 Å². The van der Waals surface area contributed by atoms with Gasteiger partial charge in [0.15, 0.2) is 0 Å². The largest absolute Gasteiger partial charge is 0.336 e. The van der Waals surface area contributed by atoms with Gasteiger partial charge in [-0.05, 0) is 50.6 Å². The topological polar surface area (TPSA) is 49.6 Å². The van der Waals surface area contributed by atoms with Gasteiger partial charge in [-0.2, -0.15) is 0 Å². The highest BCUT2D eigenvalue weighted by atomic mass is 35.5. The molecule has 1 aromatic carbocycles. The van der Waals surface area contributed by atoms with Crippen LogP contribution >= 0.6 is 35.6 Å². The molecule has 1 saturated heterocycles. The molecule has 1 amide bonds. The lowest BCUT2D eigenvalue weighted by Crippen LogP contribution is -2.44. The third-order valence-electron chi connectivity index (χ3n) is 3.94. The number of rotatable bonds is 6. The first kappa shape index (κ1) is 20.5. The number of benzene rings is 1. The van der Waals surface area contributed by atoms with Gasteiger partial charge >= 0.3 is 0 Å². The molecule has 1 heterocycles. The lowest BCUT2D eigenvalue weighted by molar-refractivity contribution is -0.133. The van der Waals surface area contributed by atoms with Crippen molar-refractivity contribution in [1.29, 1.82) is 0 Å². The summed E-state index contributed by atoms with van der Waals surface area (Å²) in [7, 11) is 0. The van der Waals surface area contributed by atoms with Gasteiger partial charge in [0, 0.05) is 19.6 Å². The van der Waals surface area contributed by atoms with Crippen molar-refractivity contribution in [1.82, 2.24) is 9.80 Å². The Balaban J connectivity index is 0.00000264. The highest BCUT2D eigenvalue weighted by molar-refractivity contribution is 6.42. The fourth-order valence-electron chi connectivity index (χ4n) is 2.68. The van der Waals surface area contributed by atoms with Crippen molar-refractivity contribution < 1.29 is 4.79 Å². The molecule has 0 spiro atoms.